The molecule has 1 atom stereocenters. The van der Waals surface area contributed by atoms with E-state index in [0.717, 1.165) is 24.4 Å². The van der Waals surface area contributed by atoms with Crippen LogP contribution in [0.3, 0.4) is 0 Å². The van der Waals surface area contributed by atoms with Crippen molar-refractivity contribution in [2.75, 3.05) is 19.6 Å². The fourth-order valence-electron chi connectivity index (χ4n) is 3.45. The van der Waals surface area contributed by atoms with Crippen LogP contribution in [0.5, 0.6) is 0 Å². The van der Waals surface area contributed by atoms with Gasteiger partial charge in [-0.3, -0.25) is 9.69 Å². The third-order valence-corrected chi connectivity index (χ3v) is 5.94. The van der Waals surface area contributed by atoms with Crippen LogP contribution in [0, 0.1) is 6.92 Å². The quantitative estimate of drug-likeness (QED) is 0.854. The number of carbonyl (C=O) groups excluding carboxylic acids is 1. The SMILES string of the molecule is CCc1cc(C(=O)NCC(c2ccccc2)N2CCCC2)sc1C. The lowest BCUT2D eigenvalue weighted by atomic mass is 10.1. The molecule has 0 bridgehead atoms. The van der Waals surface area contributed by atoms with E-state index in [-0.39, 0.29) is 11.9 Å². The minimum absolute atomic E-state index is 0.0583. The van der Waals surface area contributed by atoms with Crippen molar-refractivity contribution in [2.45, 2.75) is 39.2 Å². The zero-order valence-electron chi connectivity index (χ0n) is 14.5. The molecule has 2 aromatic rings. The molecule has 1 unspecified atom stereocenters. The summed E-state index contributed by atoms with van der Waals surface area (Å²) < 4.78 is 0. The highest BCUT2D eigenvalue weighted by atomic mass is 32.1. The van der Waals surface area contributed by atoms with Crippen molar-refractivity contribution < 1.29 is 4.79 Å². The van der Waals surface area contributed by atoms with Crippen molar-refractivity contribution in [2.24, 2.45) is 0 Å². The van der Waals surface area contributed by atoms with Crippen molar-refractivity contribution in [3.05, 3.63) is 57.3 Å². The summed E-state index contributed by atoms with van der Waals surface area (Å²) in [5.74, 6) is 0.0583. The van der Waals surface area contributed by atoms with Gasteiger partial charge in [-0.2, -0.15) is 0 Å². The summed E-state index contributed by atoms with van der Waals surface area (Å²) in [7, 11) is 0. The molecular weight excluding hydrogens is 316 g/mol. The van der Waals surface area contributed by atoms with Crippen LogP contribution in [0.15, 0.2) is 36.4 Å². The normalized spacial score (nSPS) is 16.2. The summed E-state index contributed by atoms with van der Waals surface area (Å²) in [6.45, 7) is 7.13. The highest BCUT2D eigenvalue weighted by Crippen LogP contribution is 2.25. The maximum Gasteiger partial charge on any atom is 0.261 e. The van der Waals surface area contributed by atoms with E-state index >= 15 is 0 Å². The molecule has 2 heterocycles. The minimum atomic E-state index is 0.0583. The number of nitrogens with one attached hydrogen (secondary N) is 1. The Morgan fingerprint density at radius 1 is 1.25 bits per heavy atom. The van der Waals surface area contributed by atoms with Crippen LogP contribution in [0.2, 0.25) is 0 Å². The first kappa shape index (κ1) is 17.2. The number of hydrogen-bond donors (Lipinski definition) is 1. The molecule has 1 fully saturated rings. The maximum atomic E-state index is 12.6. The predicted molar refractivity (Wildman–Crippen MR) is 101 cm³/mol. The highest BCUT2D eigenvalue weighted by Gasteiger charge is 2.24. The zero-order valence-corrected chi connectivity index (χ0v) is 15.4. The first-order chi connectivity index (χ1) is 11.7. The number of likely N-dealkylation sites (tertiary alicyclic amines) is 1. The van der Waals surface area contributed by atoms with E-state index in [1.807, 2.05) is 12.1 Å². The van der Waals surface area contributed by atoms with Crippen molar-refractivity contribution in [3.63, 3.8) is 0 Å². The van der Waals surface area contributed by atoms with Gasteiger partial charge in [-0.15, -0.1) is 11.3 Å². The Bertz CT molecular complexity index is 674. The zero-order chi connectivity index (χ0) is 16.9. The second-order valence-corrected chi connectivity index (χ2v) is 7.68. The monoisotopic (exact) mass is 342 g/mol. The molecule has 3 nitrogen and oxygen atoms in total. The number of benzene rings is 1. The van der Waals surface area contributed by atoms with Crippen LogP contribution in [0.25, 0.3) is 0 Å². The van der Waals surface area contributed by atoms with Crippen LogP contribution < -0.4 is 5.32 Å². The minimum Gasteiger partial charge on any atom is -0.349 e. The predicted octanol–water partition coefficient (Wildman–Crippen LogP) is 4.19. The smallest absolute Gasteiger partial charge is 0.261 e. The molecule has 1 aromatic carbocycles. The Morgan fingerprint density at radius 2 is 1.96 bits per heavy atom. The number of hydrogen-bond acceptors (Lipinski definition) is 3. The van der Waals surface area contributed by atoms with Gasteiger partial charge in [0.05, 0.1) is 10.9 Å². The molecule has 1 aromatic heterocycles. The van der Waals surface area contributed by atoms with Gasteiger partial charge in [0.25, 0.3) is 5.91 Å². The van der Waals surface area contributed by atoms with Crippen LogP contribution in [-0.4, -0.2) is 30.4 Å². The van der Waals surface area contributed by atoms with Crippen molar-refractivity contribution in [1.29, 1.82) is 0 Å². The lowest BCUT2D eigenvalue weighted by molar-refractivity contribution is 0.0942. The number of carbonyl (C=O) groups is 1. The first-order valence-electron chi connectivity index (χ1n) is 8.85. The molecule has 0 aliphatic carbocycles. The summed E-state index contributed by atoms with van der Waals surface area (Å²) in [4.78, 5) is 17.1. The molecule has 1 aliphatic heterocycles. The van der Waals surface area contributed by atoms with Gasteiger partial charge < -0.3 is 5.32 Å². The topological polar surface area (TPSA) is 32.3 Å². The van der Waals surface area contributed by atoms with E-state index in [1.165, 1.54) is 28.8 Å². The molecular formula is C20H26N2OS. The van der Waals surface area contributed by atoms with E-state index in [4.69, 9.17) is 0 Å². The van der Waals surface area contributed by atoms with E-state index < -0.39 is 0 Å². The maximum absolute atomic E-state index is 12.6. The van der Waals surface area contributed by atoms with Gasteiger partial charge in [0.1, 0.15) is 0 Å². The molecule has 1 saturated heterocycles. The van der Waals surface area contributed by atoms with Gasteiger partial charge in [-0.25, -0.2) is 0 Å². The highest BCUT2D eigenvalue weighted by molar-refractivity contribution is 7.14. The fourth-order valence-corrected chi connectivity index (χ4v) is 4.48. The van der Waals surface area contributed by atoms with E-state index in [2.05, 4.69) is 48.3 Å². The van der Waals surface area contributed by atoms with E-state index in [0.29, 0.717) is 6.54 Å². The first-order valence-corrected chi connectivity index (χ1v) is 9.67. The molecule has 24 heavy (non-hydrogen) atoms. The fraction of sp³-hybridized carbons (Fsp3) is 0.450. The standard InChI is InChI=1S/C20H26N2OS/c1-3-16-13-19(24-15(16)2)20(23)21-14-18(22-11-7-8-12-22)17-9-5-4-6-10-17/h4-6,9-10,13,18H,3,7-8,11-12,14H2,1-2H3,(H,21,23). The van der Waals surface area contributed by atoms with Crippen LogP contribution in [0.1, 0.15) is 51.5 Å². The number of nitrogens with zero attached hydrogens (tertiary/aromatic N) is 1. The largest absolute Gasteiger partial charge is 0.349 e. The van der Waals surface area contributed by atoms with Gasteiger partial charge in [0.2, 0.25) is 0 Å². The average Bonchev–Trinajstić information content (AvgIpc) is 3.25. The molecule has 1 aliphatic rings. The summed E-state index contributed by atoms with van der Waals surface area (Å²) in [5, 5.41) is 3.17. The summed E-state index contributed by atoms with van der Waals surface area (Å²) in [6, 6.07) is 12.8. The second kappa shape index (κ2) is 7.95. The van der Waals surface area contributed by atoms with Gasteiger partial charge in [0, 0.05) is 11.4 Å². The van der Waals surface area contributed by atoms with Crippen molar-refractivity contribution >= 4 is 17.2 Å². The summed E-state index contributed by atoms with van der Waals surface area (Å²) in [6.07, 6.45) is 3.48. The van der Waals surface area contributed by atoms with Crippen molar-refractivity contribution in [1.82, 2.24) is 10.2 Å². The van der Waals surface area contributed by atoms with Crippen molar-refractivity contribution in [3.8, 4) is 0 Å². The number of amides is 1. The molecule has 4 heteroatoms. The Balaban J connectivity index is 1.69. The van der Waals surface area contributed by atoms with E-state index in [1.54, 1.807) is 11.3 Å². The lowest BCUT2D eigenvalue weighted by Crippen LogP contribution is -2.36. The number of aryl methyl sites for hydroxylation is 2. The third kappa shape index (κ3) is 3.87. The Labute approximate surface area is 148 Å². The molecule has 3 rings (SSSR count). The molecule has 1 amide bonds. The number of thiophene rings is 1. The second-order valence-electron chi connectivity index (χ2n) is 6.43. The van der Waals surface area contributed by atoms with Crippen LogP contribution in [-0.2, 0) is 6.42 Å². The Morgan fingerprint density at radius 3 is 2.58 bits per heavy atom. The van der Waals surface area contributed by atoms with Gasteiger partial charge in [-0.05, 0) is 56.5 Å². The van der Waals surface area contributed by atoms with Crippen LogP contribution >= 0.6 is 11.3 Å². The molecule has 0 saturated carbocycles. The Kier molecular flexibility index (Phi) is 5.69. The van der Waals surface area contributed by atoms with Gasteiger partial charge in [-0.1, -0.05) is 37.3 Å². The lowest BCUT2D eigenvalue weighted by Gasteiger charge is -2.28. The van der Waals surface area contributed by atoms with Gasteiger partial charge in [0.15, 0.2) is 0 Å². The molecule has 0 spiro atoms. The van der Waals surface area contributed by atoms with Crippen LogP contribution in [0.4, 0.5) is 0 Å². The summed E-state index contributed by atoms with van der Waals surface area (Å²) >= 11 is 1.60. The Hall–Kier alpha value is -1.65. The number of rotatable bonds is 6. The third-order valence-electron chi connectivity index (χ3n) is 4.85. The molecule has 1 N–H and O–H groups in total. The molecule has 0 radical (unpaired) electrons. The molecule has 128 valence electrons. The van der Waals surface area contributed by atoms with E-state index in [9.17, 15) is 4.79 Å². The van der Waals surface area contributed by atoms with Gasteiger partial charge >= 0.3 is 0 Å². The summed E-state index contributed by atoms with van der Waals surface area (Å²) in [5.41, 5.74) is 2.57. The average molecular weight is 343 g/mol.